The maximum Gasteiger partial charge on any atom is 0.261 e. The van der Waals surface area contributed by atoms with E-state index in [-0.39, 0.29) is 0 Å². The van der Waals surface area contributed by atoms with Crippen LogP contribution in [0, 0.1) is 11.7 Å². The van der Waals surface area contributed by atoms with Crippen LogP contribution in [-0.2, 0) is 10.0 Å². The van der Waals surface area contributed by atoms with E-state index in [0.717, 1.165) is 18.9 Å². The van der Waals surface area contributed by atoms with Crippen LogP contribution in [0.3, 0.4) is 0 Å². The summed E-state index contributed by atoms with van der Waals surface area (Å²) in [6, 6.07) is 2.43. The third-order valence-corrected chi connectivity index (χ3v) is 3.62. The van der Waals surface area contributed by atoms with Gasteiger partial charge in [-0.2, -0.15) is 0 Å². The lowest BCUT2D eigenvalue weighted by atomic mass is 10.1. The quantitative estimate of drug-likeness (QED) is 0.795. The summed E-state index contributed by atoms with van der Waals surface area (Å²) in [5.74, 6) is -0.310. The number of pyridine rings is 1. The molecular formula is C11H17FN2O2S. The molecule has 1 heterocycles. The molecule has 0 aliphatic carbocycles. The predicted molar refractivity (Wildman–Crippen MR) is 63.5 cm³/mol. The molecule has 0 fully saturated rings. The number of halogens is 1. The molecule has 1 aromatic rings. The Morgan fingerprint density at radius 3 is 2.76 bits per heavy atom. The van der Waals surface area contributed by atoms with E-state index in [9.17, 15) is 12.8 Å². The second-order valence-corrected chi connectivity index (χ2v) is 5.91. The van der Waals surface area contributed by atoms with Crippen molar-refractivity contribution in [3.63, 3.8) is 0 Å². The van der Waals surface area contributed by atoms with Crippen LogP contribution in [0.4, 0.5) is 4.39 Å². The summed E-state index contributed by atoms with van der Waals surface area (Å²) in [6.07, 6.45) is 2.91. The van der Waals surface area contributed by atoms with E-state index in [4.69, 9.17) is 0 Å². The first-order chi connectivity index (χ1) is 7.93. The summed E-state index contributed by atoms with van der Waals surface area (Å²) < 4.78 is 39.0. The minimum absolute atomic E-state index is 0.302. The molecule has 0 spiro atoms. The van der Waals surface area contributed by atoms with Crippen molar-refractivity contribution < 1.29 is 12.8 Å². The largest absolute Gasteiger partial charge is 0.261 e. The van der Waals surface area contributed by atoms with Crippen LogP contribution in [0.15, 0.2) is 23.4 Å². The van der Waals surface area contributed by atoms with Gasteiger partial charge in [0.2, 0.25) is 5.03 Å². The zero-order valence-corrected chi connectivity index (χ0v) is 10.8. The molecule has 1 rings (SSSR count). The summed E-state index contributed by atoms with van der Waals surface area (Å²) in [6.45, 7) is 4.43. The standard InChI is InChI=1S/C11H17FN2O2S/c1-9(2)5-3-8-14-17(15,16)11-10(12)6-4-7-13-11/h4,6-7,9,14H,3,5,8H2,1-2H3. The normalized spacial score (nSPS) is 12.0. The van der Waals surface area contributed by atoms with Gasteiger partial charge in [0.05, 0.1) is 0 Å². The predicted octanol–water partition coefficient (Wildman–Crippen LogP) is 1.94. The van der Waals surface area contributed by atoms with Crippen LogP contribution in [-0.4, -0.2) is 19.9 Å². The van der Waals surface area contributed by atoms with Gasteiger partial charge in [-0.25, -0.2) is 22.5 Å². The van der Waals surface area contributed by atoms with Gasteiger partial charge in [-0.15, -0.1) is 0 Å². The second kappa shape index (κ2) is 6.07. The number of hydrogen-bond acceptors (Lipinski definition) is 3. The fourth-order valence-corrected chi connectivity index (χ4v) is 2.43. The highest BCUT2D eigenvalue weighted by atomic mass is 32.2. The highest BCUT2D eigenvalue weighted by Gasteiger charge is 2.19. The Kier molecular flexibility index (Phi) is 5.02. The van der Waals surface area contributed by atoms with Gasteiger partial charge in [-0.1, -0.05) is 13.8 Å². The number of nitrogens with one attached hydrogen (secondary N) is 1. The van der Waals surface area contributed by atoms with Gasteiger partial charge in [0.25, 0.3) is 10.0 Å². The van der Waals surface area contributed by atoms with Crippen molar-refractivity contribution in [3.05, 3.63) is 24.1 Å². The van der Waals surface area contributed by atoms with Crippen LogP contribution >= 0.6 is 0 Å². The smallest absolute Gasteiger partial charge is 0.241 e. The van der Waals surface area contributed by atoms with E-state index in [1.807, 2.05) is 0 Å². The maximum atomic E-state index is 13.2. The van der Waals surface area contributed by atoms with Crippen molar-refractivity contribution in [1.29, 1.82) is 0 Å². The minimum Gasteiger partial charge on any atom is -0.241 e. The summed E-state index contributed by atoms with van der Waals surface area (Å²) in [4.78, 5) is 3.54. The maximum absolute atomic E-state index is 13.2. The van der Waals surface area contributed by atoms with E-state index in [1.165, 1.54) is 12.3 Å². The molecule has 4 nitrogen and oxygen atoms in total. The number of sulfonamides is 1. The third kappa shape index (κ3) is 4.40. The second-order valence-electron chi connectivity index (χ2n) is 4.22. The van der Waals surface area contributed by atoms with Gasteiger partial charge in [-0.05, 0) is 30.9 Å². The van der Waals surface area contributed by atoms with Gasteiger partial charge < -0.3 is 0 Å². The van der Waals surface area contributed by atoms with Crippen LogP contribution in [0.25, 0.3) is 0 Å². The molecule has 0 amide bonds. The average Bonchev–Trinajstić information content (AvgIpc) is 2.24. The number of rotatable bonds is 6. The molecule has 0 aliphatic heterocycles. The van der Waals surface area contributed by atoms with Crippen molar-refractivity contribution in [2.75, 3.05) is 6.54 Å². The monoisotopic (exact) mass is 260 g/mol. The fraction of sp³-hybridized carbons (Fsp3) is 0.545. The van der Waals surface area contributed by atoms with E-state index in [2.05, 4.69) is 23.6 Å². The lowest BCUT2D eigenvalue weighted by Gasteiger charge is -2.07. The highest BCUT2D eigenvalue weighted by molar-refractivity contribution is 7.89. The Morgan fingerprint density at radius 2 is 2.18 bits per heavy atom. The summed E-state index contributed by atoms with van der Waals surface area (Å²) in [5, 5.41) is -0.537. The molecule has 0 aromatic carbocycles. The lowest BCUT2D eigenvalue weighted by Crippen LogP contribution is -2.26. The van der Waals surface area contributed by atoms with Gasteiger partial charge in [0.1, 0.15) is 0 Å². The zero-order chi connectivity index (χ0) is 12.9. The van der Waals surface area contributed by atoms with E-state index < -0.39 is 20.9 Å². The Balaban J connectivity index is 2.61. The molecule has 0 saturated heterocycles. The van der Waals surface area contributed by atoms with E-state index >= 15 is 0 Å². The van der Waals surface area contributed by atoms with E-state index in [1.54, 1.807) is 0 Å². The molecule has 1 aromatic heterocycles. The molecule has 0 bridgehead atoms. The lowest BCUT2D eigenvalue weighted by molar-refractivity contribution is 0.527. The van der Waals surface area contributed by atoms with Crippen molar-refractivity contribution in [2.45, 2.75) is 31.7 Å². The van der Waals surface area contributed by atoms with Crippen molar-refractivity contribution in [2.24, 2.45) is 5.92 Å². The molecule has 0 radical (unpaired) electrons. The molecule has 17 heavy (non-hydrogen) atoms. The molecule has 0 unspecified atom stereocenters. The van der Waals surface area contributed by atoms with E-state index in [0.29, 0.717) is 12.5 Å². The van der Waals surface area contributed by atoms with Crippen LogP contribution < -0.4 is 4.72 Å². The van der Waals surface area contributed by atoms with Gasteiger partial charge in [0, 0.05) is 12.7 Å². The van der Waals surface area contributed by atoms with Crippen molar-refractivity contribution in [1.82, 2.24) is 9.71 Å². The van der Waals surface area contributed by atoms with Crippen molar-refractivity contribution in [3.8, 4) is 0 Å². The molecule has 0 atom stereocenters. The Bertz CT molecular complexity index is 460. The van der Waals surface area contributed by atoms with Crippen molar-refractivity contribution >= 4 is 10.0 Å². The molecule has 0 saturated carbocycles. The first-order valence-electron chi connectivity index (χ1n) is 5.53. The SMILES string of the molecule is CC(C)CCCNS(=O)(=O)c1ncccc1F. The summed E-state index contributed by atoms with van der Waals surface area (Å²) in [7, 11) is -3.83. The van der Waals surface area contributed by atoms with Gasteiger partial charge in [0.15, 0.2) is 5.82 Å². The number of nitrogens with zero attached hydrogens (tertiary/aromatic N) is 1. The summed E-state index contributed by atoms with van der Waals surface area (Å²) >= 11 is 0. The zero-order valence-electron chi connectivity index (χ0n) is 9.98. The Morgan fingerprint density at radius 1 is 1.47 bits per heavy atom. The van der Waals surface area contributed by atoms with Crippen LogP contribution in [0.5, 0.6) is 0 Å². The number of hydrogen-bond donors (Lipinski definition) is 1. The fourth-order valence-electron chi connectivity index (χ4n) is 1.35. The molecule has 0 aliphatic rings. The number of aromatic nitrogens is 1. The molecule has 96 valence electrons. The molecule has 1 N–H and O–H groups in total. The third-order valence-electron chi connectivity index (χ3n) is 2.23. The highest BCUT2D eigenvalue weighted by Crippen LogP contribution is 2.10. The minimum atomic E-state index is -3.83. The average molecular weight is 260 g/mol. The first-order valence-corrected chi connectivity index (χ1v) is 7.02. The van der Waals surface area contributed by atoms with Gasteiger partial charge >= 0.3 is 0 Å². The van der Waals surface area contributed by atoms with Crippen LogP contribution in [0.1, 0.15) is 26.7 Å². The summed E-state index contributed by atoms with van der Waals surface area (Å²) in [5.41, 5.74) is 0. The van der Waals surface area contributed by atoms with Crippen LogP contribution in [0.2, 0.25) is 0 Å². The Hall–Kier alpha value is -1.01. The first kappa shape index (κ1) is 14.1. The van der Waals surface area contributed by atoms with Gasteiger partial charge in [-0.3, -0.25) is 0 Å². The molecular weight excluding hydrogens is 243 g/mol. The topological polar surface area (TPSA) is 59.1 Å². The molecule has 6 heteroatoms. The Labute approximate surface area is 101 Å².